The van der Waals surface area contributed by atoms with E-state index in [0.717, 1.165) is 49.7 Å². The van der Waals surface area contributed by atoms with Crippen molar-refractivity contribution in [2.24, 2.45) is 11.1 Å². The van der Waals surface area contributed by atoms with Gasteiger partial charge in [-0.2, -0.15) is 5.26 Å². The van der Waals surface area contributed by atoms with Crippen LogP contribution in [-0.4, -0.2) is 37.9 Å². The first-order valence-corrected chi connectivity index (χ1v) is 11.2. The van der Waals surface area contributed by atoms with E-state index in [0.29, 0.717) is 11.6 Å². The van der Waals surface area contributed by atoms with Crippen molar-refractivity contribution in [3.63, 3.8) is 0 Å². The van der Waals surface area contributed by atoms with Gasteiger partial charge in [-0.3, -0.25) is 4.90 Å². The molecular weight excluding hydrogens is 382 g/mol. The van der Waals surface area contributed by atoms with E-state index >= 15 is 0 Å². The van der Waals surface area contributed by atoms with Crippen LogP contribution in [0.1, 0.15) is 29.1 Å². The van der Waals surface area contributed by atoms with Crippen LogP contribution in [0.15, 0.2) is 28.5 Å². The lowest BCUT2D eigenvalue weighted by Gasteiger charge is -2.31. The van der Waals surface area contributed by atoms with Gasteiger partial charge in [-0.25, -0.2) is 18.5 Å². The molecule has 0 aliphatic carbocycles. The number of piperidine rings is 1. The van der Waals surface area contributed by atoms with Crippen molar-refractivity contribution in [1.29, 1.82) is 5.26 Å². The molecule has 0 radical (unpaired) electrons. The Hall–Kier alpha value is -1.99. The van der Waals surface area contributed by atoms with Crippen LogP contribution >= 0.6 is 11.3 Å². The van der Waals surface area contributed by atoms with E-state index in [-0.39, 0.29) is 10.5 Å². The molecule has 7 nitrogen and oxygen atoms in total. The fraction of sp³-hybridized carbons (Fsp3) is 0.444. The van der Waals surface area contributed by atoms with Gasteiger partial charge in [-0.1, -0.05) is 0 Å². The zero-order valence-electron chi connectivity index (χ0n) is 15.2. The molecule has 27 heavy (non-hydrogen) atoms. The van der Waals surface area contributed by atoms with Gasteiger partial charge in [0.05, 0.1) is 26.8 Å². The van der Waals surface area contributed by atoms with Crippen LogP contribution in [0.2, 0.25) is 0 Å². The summed E-state index contributed by atoms with van der Waals surface area (Å²) < 4.78 is 22.8. The molecule has 0 spiro atoms. The minimum absolute atomic E-state index is 0.0461. The molecule has 3 N–H and O–H groups in total. The van der Waals surface area contributed by atoms with Crippen LogP contribution in [0.4, 0.5) is 5.69 Å². The Balaban J connectivity index is 1.52. The number of aryl methyl sites for hydroxylation is 1. The highest BCUT2D eigenvalue weighted by Crippen LogP contribution is 2.23. The Morgan fingerprint density at radius 3 is 2.74 bits per heavy atom. The number of nitrogens with two attached hydrogens (primary N) is 1. The van der Waals surface area contributed by atoms with Gasteiger partial charge in [0.15, 0.2) is 0 Å². The van der Waals surface area contributed by atoms with E-state index in [1.807, 2.05) is 13.0 Å². The number of thiazole rings is 1. The maximum atomic E-state index is 11.4. The van der Waals surface area contributed by atoms with Crippen molar-refractivity contribution in [2.45, 2.75) is 31.2 Å². The van der Waals surface area contributed by atoms with Gasteiger partial charge in [0.25, 0.3) is 0 Å². The summed E-state index contributed by atoms with van der Waals surface area (Å²) >= 11 is 1.69. The number of nitriles is 1. The minimum Gasteiger partial charge on any atom is -0.384 e. The normalized spacial score (nSPS) is 16.2. The first kappa shape index (κ1) is 19.8. The molecule has 1 aromatic carbocycles. The standard InChI is InChI=1S/C18H23N5O2S2/c1-13-22-16(12-26-13)11-23-6-4-14(5-7-23)10-21-18-3-2-17(27(20,24)25)8-15(18)9-19/h2-3,8,12,14,21H,4-7,10-11H2,1H3,(H2,20,24,25). The summed E-state index contributed by atoms with van der Waals surface area (Å²) in [5.74, 6) is 0.517. The second-order valence-electron chi connectivity index (χ2n) is 6.82. The highest BCUT2D eigenvalue weighted by molar-refractivity contribution is 7.89. The van der Waals surface area contributed by atoms with Gasteiger partial charge in [0.2, 0.25) is 10.0 Å². The monoisotopic (exact) mass is 405 g/mol. The van der Waals surface area contributed by atoms with Crippen LogP contribution < -0.4 is 10.5 Å². The number of aromatic nitrogens is 1. The number of hydrogen-bond acceptors (Lipinski definition) is 7. The summed E-state index contributed by atoms with van der Waals surface area (Å²) in [6.45, 7) is 5.74. The third-order valence-corrected chi connectivity index (χ3v) is 6.51. The first-order valence-electron chi connectivity index (χ1n) is 8.79. The minimum atomic E-state index is -3.81. The van der Waals surface area contributed by atoms with Gasteiger partial charge in [0, 0.05) is 18.5 Å². The van der Waals surface area contributed by atoms with E-state index in [1.165, 1.54) is 12.1 Å². The van der Waals surface area contributed by atoms with Crippen molar-refractivity contribution in [3.8, 4) is 6.07 Å². The van der Waals surface area contributed by atoms with Gasteiger partial charge in [0.1, 0.15) is 6.07 Å². The van der Waals surface area contributed by atoms with Gasteiger partial charge in [-0.15, -0.1) is 11.3 Å². The zero-order valence-corrected chi connectivity index (χ0v) is 16.8. The number of primary sulfonamides is 1. The van der Waals surface area contributed by atoms with Crippen molar-refractivity contribution in [2.75, 3.05) is 25.0 Å². The molecule has 2 heterocycles. The summed E-state index contributed by atoms with van der Waals surface area (Å²) in [7, 11) is -3.81. The summed E-state index contributed by atoms with van der Waals surface area (Å²) in [4.78, 5) is 6.90. The molecule has 0 atom stereocenters. The molecule has 1 fully saturated rings. The number of hydrogen-bond donors (Lipinski definition) is 2. The average Bonchev–Trinajstić information content (AvgIpc) is 3.05. The Kier molecular flexibility index (Phi) is 6.11. The molecule has 9 heteroatoms. The Morgan fingerprint density at radius 1 is 1.41 bits per heavy atom. The van der Waals surface area contributed by atoms with Crippen LogP contribution in [0.5, 0.6) is 0 Å². The number of benzene rings is 1. The molecule has 1 aliphatic heterocycles. The summed E-state index contributed by atoms with van der Waals surface area (Å²) in [5, 5.41) is 20.9. The molecular formula is C18H23N5O2S2. The van der Waals surface area contributed by atoms with E-state index in [1.54, 1.807) is 17.4 Å². The lowest BCUT2D eigenvalue weighted by molar-refractivity contribution is 0.181. The molecule has 1 aliphatic rings. The van der Waals surface area contributed by atoms with Gasteiger partial charge in [-0.05, 0) is 57.0 Å². The average molecular weight is 406 g/mol. The number of likely N-dealkylation sites (tertiary alicyclic amines) is 1. The number of nitrogens with one attached hydrogen (secondary N) is 1. The van der Waals surface area contributed by atoms with Crippen LogP contribution in [0.3, 0.4) is 0 Å². The Labute approximate surface area is 163 Å². The van der Waals surface area contributed by atoms with Crippen LogP contribution in [0.25, 0.3) is 0 Å². The third kappa shape index (κ3) is 5.26. The van der Waals surface area contributed by atoms with E-state index in [2.05, 4.69) is 20.6 Å². The Bertz CT molecular complexity index is 941. The summed E-state index contributed by atoms with van der Waals surface area (Å²) in [6.07, 6.45) is 2.15. The predicted octanol–water partition coefficient (Wildman–Crippen LogP) is 2.29. The van der Waals surface area contributed by atoms with Crippen LogP contribution in [0, 0.1) is 24.2 Å². The van der Waals surface area contributed by atoms with Crippen molar-refractivity contribution in [3.05, 3.63) is 39.8 Å². The summed E-state index contributed by atoms with van der Waals surface area (Å²) in [6, 6.07) is 6.39. The number of sulfonamides is 1. The molecule has 144 valence electrons. The fourth-order valence-corrected chi connectivity index (χ4v) is 4.40. The predicted molar refractivity (Wildman–Crippen MR) is 106 cm³/mol. The van der Waals surface area contributed by atoms with Gasteiger partial charge < -0.3 is 5.32 Å². The third-order valence-electron chi connectivity index (χ3n) is 4.78. The van der Waals surface area contributed by atoms with E-state index in [9.17, 15) is 13.7 Å². The molecule has 3 rings (SSSR count). The maximum absolute atomic E-state index is 11.4. The highest BCUT2D eigenvalue weighted by Gasteiger charge is 2.20. The van der Waals surface area contributed by atoms with E-state index < -0.39 is 10.0 Å². The number of nitrogens with zero attached hydrogens (tertiary/aromatic N) is 3. The second kappa shape index (κ2) is 8.35. The van der Waals surface area contributed by atoms with Crippen molar-refractivity contribution < 1.29 is 8.42 Å². The molecule has 1 aromatic heterocycles. The van der Waals surface area contributed by atoms with Crippen molar-refractivity contribution in [1.82, 2.24) is 9.88 Å². The zero-order chi connectivity index (χ0) is 19.4. The fourth-order valence-electron chi connectivity index (χ4n) is 3.26. The number of rotatable bonds is 6. The van der Waals surface area contributed by atoms with Crippen molar-refractivity contribution >= 4 is 27.0 Å². The molecule has 0 saturated carbocycles. The topological polar surface area (TPSA) is 112 Å². The lowest BCUT2D eigenvalue weighted by Crippen LogP contribution is -2.35. The number of anilines is 1. The molecule has 1 saturated heterocycles. The lowest BCUT2D eigenvalue weighted by atomic mass is 9.96. The molecule has 2 aromatic rings. The smallest absolute Gasteiger partial charge is 0.238 e. The summed E-state index contributed by atoms with van der Waals surface area (Å²) in [5.41, 5.74) is 2.07. The molecule has 0 unspecified atom stereocenters. The second-order valence-corrected chi connectivity index (χ2v) is 9.45. The van der Waals surface area contributed by atoms with Crippen LogP contribution in [-0.2, 0) is 16.6 Å². The SMILES string of the molecule is Cc1nc(CN2CCC(CNc3ccc(S(N)(=O)=O)cc3C#N)CC2)cs1. The Morgan fingerprint density at radius 2 is 2.15 bits per heavy atom. The first-order chi connectivity index (χ1) is 12.8. The highest BCUT2D eigenvalue weighted by atomic mass is 32.2. The molecule has 0 amide bonds. The van der Waals surface area contributed by atoms with E-state index in [4.69, 9.17) is 5.14 Å². The van der Waals surface area contributed by atoms with Gasteiger partial charge >= 0.3 is 0 Å². The maximum Gasteiger partial charge on any atom is 0.238 e. The largest absolute Gasteiger partial charge is 0.384 e. The molecule has 0 bridgehead atoms. The quantitative estimate of drug-likeness (QED) is 0.762.